The summed E-state index contributed by atoms with van der Waals surface area (Å²) in [4.78, 5) is 126. The first-order valence-electron chi connectivity index (χ1n) is 26.0. The first-order chi connectivity index (χ1) is 38.6. The summed E-state index contributed by atoms with van der Waals surface area (Å²) < 4.78 is 0. The van der Waals surface area contributed by atoms with Crippen LogP contribution in [0.25, 0.3) is 0 Å². The van der Waals surface area contributed by atoms with Crippen LogP contribution in [0.15, 0.2) is 97.1 Å². The van der Waals surface area contributed by atoms with E-state index in [0.717, 1.165) is 21.6 Å². The van der Waals surface area contributed by atoms with Gasteiger partial charge in [0.25, 0.3) is 0 Å². The average Bonchev–Trinajstić information content (AvgIpc) is 3.43. The SMILES string of the molecule is CNCCCCC[C@@H]1NC(=O)[C@@H](Cc2ccc(C(N)=O)cc2)NC(=O)[C@H](Cc2ccc(Cl)cc2)NC(=O)[C@H](NC(=O)[C@@H](N)Cc2ccc(Cl)cc2)CSSC[C@@H](C(=O)N[C@H](Cc2ccc(O)cc2)C(N)=O)NC(=O)[C@H]([C@@H](C)O)NC1=O. The number of phenols is 1. The van der Waals surface area contributed by atoms with E-state index in [1.807, 2.05) is 0 Å². The molecule has 22 nitrogen and oxygen atoms in total. The van der Waals surface area contributed by atoms with E-state index in [9.17, 15) is 53.4 Å². The van der Waals surface area contributed by atoms with Crippen LogP contribution in [0.4, 0.5) is 0 Å². The molecule has 26 heteroatoms. The average molecular weight is 1200 g/mol. The van der Waals surface area contributed by atoms with Gasteiger partial charge in [-0.25, -0.2) is 0 Å². The van der Waals surface area contributed by atoms with E-state index >= 15 is 0 Å². The monoisotopic (exact) mass is 1190 g/mol. The molecule has 9 atom stereocenters. The van der Waals surface area contributed by atoms with Crippen molar-refractivity contribution in [3.8, 4) is 5.75 Å². The molecule has 1 fully saturated rings. The molecule has 0 spiro atoms. The molecule has 1 heterocycles. The number of hydrogen-bond acceptors (Lipinski definition) is 15. The lowest BCUT2D eigenvalue weighted by Gasteiger charge is -2.29. The molecule has 0 aromatic heterocycles. The molecule has 16 N–H and O–H groups in total. The molecule has 81 heavy (non-hydrogen) atoms. The molecule has 0 aliphatic carbocycles. The van der Waals surface area contributed by atoms with Crippen LogP contribution < -0.4 is 59.7 Å². The molecule has 4 aromatic carbocycles. The molecule has 0 radical (unpaired) electrons. The minimum Gasteiger partial charge on any atom is -0.508 e. The second-order valence-electron chi connectivity index (χ2n) is 19.4. The highest BCUT2D eigenvalue weighted by atomic mass is 35.5. The van der Waals surface area contributed by atoms with Gasteiger partial charge in [-0.05, 0) is 111 Å². The van der Waals surface area contributed by atoms with Gasteiger partial charge in [-0.3, -0.25) is 43.2 Å². The largest absolute Gasteiger partial charge is 0.508 e. The normalized spacial score (nSPS) is 20.8. The molecule has 436 valence electrons. The summed E-state index contributed by atoms with van der Waals surface area (Å²) in [6.45, 7) is 1.88. The van der Waals surface area contributed by atoms with Crippen LogP contribution in [-0.4, -0.2) is 143 Å². The zero-order chi connectivity index (χ0) is 59.2. The zero-order valence-corrected chi connectivity index (χ0v) is 47.7. The maximum atomic E-state index is 14.8. The van der Waals surface area contributed by atoms with Gasteiger partial charge < -0.3 is 69.9 Å². The Hall–Kier alpha value is -6.93. The van der Waals surface area contributed by atoms with Crippen molar-refractivity contribution in [1.82, 2.24) is 42.5 Å². The third-order valence-electron chi connectivity index (χ3n) is 13.0. The number of carbonyl (C=O) groups is 9. The smallest absolute Gasteiger partial charge is 0.248 e. The first-order valence-corrected chi connectivity index (χ1v) is 29.2. The van der Waals surface area contributed by atoms with Crippen molar-refractivity contribution in [3.63, 3.8) is 0 Å². The second kappa shape index (κ2) is 32.5. The van der Waals surface area contributed by atoms with Crippen molar-refractivity contribution in [2.45, 2.75) is 113 Å². The predicted octanol–water partition coefficient (Wildman–Crippen LogP) is 0.830. The quantitative estimate of drug-likeness (QED) is 0.0406. The number of carbonyl (C=O) groups excluding carboxylic acids is 9. The fraction of sp³-hybridized carbons (Fsp3) is 0.400. The summed E-state index contributed by atoms with van der Waals surface area (Å²) >= 11 is 12.3. The standard InChI is InChI=1S/C55H69Cl2N11O11S2/c1-30(69)46-55(79)67-45(53(77)63-41(48(60)72)25-34-13-21-38(70)22-14-34)29-81-80-28-44(66-49(73)39(58)24-31-9-17-36(56)18-10-31)54(78)65-43(27-33-11-19-37(57)20-12-33)52(76)64-42(26-32-7-15-35(16-8-32)47(59)71)51(75)62-40(50(74)68-46)6-4-3-5-23-61-2/h7-22,30,39-46,61,69-70H,3-6,23-29,58H2,1-2H3,(H2,59,71)(H2,60,72)(H,62,75)(H,63,77)(H,64,76)(H,65,78)(H,66,73)(H,67,79)(H,68,74)/t30-,39+,40+,41-,42-,43+,44-,45+,46+/m1/s1. The number of rotatable bonds is 21. The van der Waals surface area contributed by atoms with Crippen LogP contribution in [0.2, 0.25) is 10.0 Å². The topological polar surface area (TPSA) is 368 Å². The minimum absolute atomic E-state index is 0.0174. The van der Waals surface area contributed by atoms with Crippen molar-refractivity contribution in [2.75, 3.05) is 25.1 Å². The number of aliphatic hydroxyl groups excluding tert-OH is 1. The molecule has 0 bridgehead atoms. The van der Waals surface area contributed by atoms with E-state index in [0.29, 0.717) is 58.1 Å². The Labute approximate surface area is 487 Å². The Bertz CT molecular complexity index is 2800. The molecule has 4 aromatic rings. The Balaban J connectivity index is 1.58. The fourth-order valence-corrected chi connectivity index (χ4v) is 10.9. The summed E-state index contributed by atoms with van der Waals surface area (Å²) in [5, 5.41) is 43.4. The summed E-state index contributed by atoms with van der Waals surface area (Å²) in [7, 11) is 3.72. The molecule has 9 amide bonds. The molecule has 1 aliphatic rings. The molecule has 0 saturated carbocycles. The van der Waals surface area contributed by atoms with Crippen LogP contribution in [0, 0.1) is 0 Å². The molecular formula is C55H69Cl2N11O11S2. The van der Waals surface area contributed by atoms with Crippen LogP contribution in [-0.2, 0) is 64.0 Å². The van der Waals surface area contributed by atoms with Crippen LogP contribution in [0.1, 0.15) is 65.2 Å². The molecule has 1 saturated heterocycles. The van der Waals surface area contributed by atoms with Crippen LogP contribution >= 0.6 is 44.8 Å². The highest BCUT2D eigenvalue weighted by Crippen LogP contribution is 2.24. The first kappa shape index (κ1) is 64.9. The lowest BCUT2D eigenvalue weighted by atomic mass is 10.00. The van der Waals surface area contributed by atoms with Gasteiger partial charge in [-0.15, -0.1) is 0 Å². The number of hydrogen-bond donors (Lipinski definition) is 13. The zero-order valence-electron chi connectivity index (χ0n) is 44.6. The third-order valence-corrected chi connectivity index (χ3v) is 15.9. The number of amides is 9. The van der Waals surface area contributed by atoms with E-state index < -0.39 is 108 Å². The number of benzene rings is 4. The van der Waals surface area contributed by atoms with E-state index in [4.69, 9.17) is 40.4 Å². The summed E-state index contributed by atoms with van der Waals surface area (Å²) in [5.41, 5.74) is 20.0. The van der Waals surface area contributed by atoms with E-state index in [2.05, 4.69) is 42.5 Å². The lowest BCUT2D eigenvalue weighted by Crippen LogP contribution is -2.62. The van der Waals surface area contributed by atoms with Crippen molar-refractivity contribution in [3.05, 3.63) is 135 Å². The highest BCUT2D eigenvalue weighted by molar-refractivity contribution is 8.76. The number of aliphatic hydroxyl groups is 1. The van der Waals surface area contributed by atoms with E-state index in [-0.39, 0.29) is 54.9 Å². The summed E-state index contributed by atoms with van der Waals surface area (Å²) in [5.74, 6) is -8.42. The molecule has 1 aliphatic heterocycles. The highest BCUT2D eigenvalue weighted by Gasteiger charge is 2.36. The number of unbranched alkanes of at least 4 members (excludes halogenated alkanes) is 2. The number of nitrogens with two attached hydrogens (primary N) is 3. The van der Waals surface area contributed by atoms with E-state index in [1.165, 1.54) is 55.5 Å². The number of halogens is 2. The number of phenolic OH excluding ortho intramolecular Hbond substituents is 1. The third kappa shape index (κ3) is 21.5. The number of nitrogens with one attached hydrogen (secondary N) is 8. The molecular weight excluding hydrogens is 1130 g/mol. The van der Waals surface area contributed by atoms with Gasteiger partial charge >= 0.3 is 0 Å². The summed E-state index contributed by atoms with van der Waals surface area (Å²) in [6.07, 6.45) is -0.361. The Morgan fingerprint density at radius 3 is 1.70 bits per heavy atom. The van der Waals surface area contributed by atoms with Crippen LogP contribution in [0.5, 0.6) is 5.75 Å². The predicted molar refractivity (Wildman–Crippen MR) is 310 cm³/mol. The van der Waals surface area contributed by atoms with Gasteiger partial charge in [-0.2, -0.15) is 0 Å². The Kier molecular flexibility index (Phi) is 26.0. The Morgan fingerprint density at radius 2 is 1.15 bits per heavy atom. The van der Waals surface area contributed by atoms with Gasteiger partial charge in [0.1, 0.15) is 48.0 Å². The fourth-order valence-electron chi connectivity index (χ4n) is 8.36. The molecule has 0 unspecified atom stereocenters. The Morgan fingerprint density at radius 1 is 0.642 bits per heavy atom. The van der Waals surface area contributed by atoms with Crippen LogP contribution in [0.3, 0.4) is 0 Å². The van der Waals surface area contributed by atoms with Crippen molar-refractivity contribution >= 4 is 98.0 Å². The van der Waals surface area contributed by atoms with Crippen molar-refractivity contribution in [1.29, 1.82) is 0 Å². The van der Waals surface area contributed by atoms with Crippen molar-refractivity contribution < 1.29 is 53.4 Å². The van der Waals surface area contributed by atoms with Gasteiger partial charge in [0.2, 0.25) is 53.2 Å². The van der Waals surface area contributed by atoms with Crippen molar-refractivity contribution in [2.24, 2.45) is 17.2 Å². The van der Waals surface area contributed by atoms with Gasteiger partial charge in [0.15, 0.2) is 0 Å². The maximum Gasteiger partial charge on any atom is 0.248 e. The summed E-state index contributed by atoms with van der Waals surface area (Å²) in [6, 6.07) is 13.3. The lowest BCUT2D eigenvalue weighted by molar-refractivity contribution is -0.136. The van der Waals surface area contributed by atoms with Gasteiger partial charge in [-0.1, -0.05) is 106 Å². The second-order valence-corrected chi connectivity index (χ2v) is 22.8. The molecule has 5 rings (SSSR count). The maximum absolute atomic E-state index is 14.8. The van der Waals surface area contributed by atoms with Gasteiger partial charge in [0, 0.05) is 46.4 Å². The van der Waals surface area contributed by atoms with E-state index in [1.54, 1.807) is 55.6 Å². The number of aromatic hydroxyl groups is 1. The number of primary amides is 2. The minimum atomic E-state index is -1.74. The van der Waals surface area contributed by atoms with Gasteiger partial charge in [0.05, 0.1) is 12.1 Å².